The topological polar surface area (TPSA) is 75.4 Å². The SMILES string of the molecule is CC(C(=O)Nc1ccc(C(N)=O)cc1)N1CCCCCC1. The molecule has 1 atom stereocenters. The Kier molecular flexibility index (Phi) is 5.33. The molecule has 5 heteroatoms. The lowest BCUT2D eigenvalue weighted by Crippen LogP contribution is -2.42. The number of nitrogens with zero attached hydrogens (tertiary/aromatic N) is 1. The van der Waals surface area contributed by atoms with Crippen molar-refractivity contribution in [1.29, 1.82) is 0 Å². The number of nitrogens with one attached hydrogen (secondary N) is 1. The Morgan fingerprint density at radius 2 is 1.67 bits per heavy atom. The van der Waals surface area contributed by atoms with Gasteiger partial charge in [0.25, 0.3) is 0 Å². The van der Waals surface area contributed by atoms with E-state index in [0.29, 0.717) is 11.3 Å². The molecule has 0 saturated carbocycles. The van der Waals surface area contributed by atoms with E-state index >= 15 is 0 Å². The number of carbonyl (C=O) groups is 2. The molecule has 1 fully saturated rings. The van der Waals surface area contributed by atoms with E-state index in [4.69, 9.17) is 5.73 Å². The van der Waals surface area contributed by atoms with Crippen LogP contribution in [0.25, 0.3) is 0 Å². The summed E-state index contributed by atoms with van der Waals surface area (Å²) in [7, 11) is 0. The van der Waals surface area contributed by atoms with Crippen LogP contribution in [0, 0.1) is 0 Å². The van der Waals surface area contributed by atoms with Crippen molar-refractivity contribution in [3.63, 3.8) is 0 Å². The number of primary amides is 1. The number of nitrogens with two attached hydrogens (primary N) is 1. The minimum atomic E-state index is -0.467. The van der Waals surface area contributed by atoms with Crippen molar-refractivity contribution in [1.82, 2.24) is 4.90 Å². The number of benzene rings is 1. The zero-order chi connectivity index (χ0) is 15.2. The van der Waals surface area contributed by atoms with Gasteiger partial charge in [-0.25, -0.2) is 0 Å². The normalized spacial score (nSPS) is 17.8. The third kappa shape index (κ3) is 4.29. The summed E-state index contributed by atoms with van der Waals surface area (Å²) >= 11 is 0. The van der Waals surface area contributed by atoms with Crippen LogP contribution in [0.3, 0.4) is 0 Å². The molecular weight excluding hydrogens is 266 g/mol. The van der Waals surface area contributed by atoms with Gasteiger partial charge in [-0.3, -0.25) is 14.5 Å². The average Bonchev–Trinajstić information content (AvgIpc) is 2.76. The highest BCUT2D eigenvalue weighted by atomic mass is 16.2. The Bertz CT molecular complexity index is 491. The van der Waals surface area contributed by atoms with Gasteiger partial charge >= 0.3 is 0 Å². The molecular formula is C16H23N3O2. The summed E-state index contributed by atoms with van der Waals surface area (Å²) in [4.78, 5) is 25.5. The summed E-state index contributed by atoms with van der Waals surface area (Å²) in [6, 6.07) is 6.50. The highest BCUT2D eigenvalue weighted by Gasteiger charge is 2.22. The van der Waals surface area contributed by atoms with Crippen molar-refractivity contribution in [2.45, 2.75) is 38.6 Å². The minimum Gasteiger partial charge on any atom is -0.366 e. The van der Waals surface area contributed by atoms with E-state index in [1.54, 1.807) is 24.3 Å². The van der Waals surface area contributed by atoms with Crippen LogP contribution in [0.2, 0.25) is 0 Å². The van der Waals surface area contributed by atoms with Crippen LogP contribution in [-0.4, -0.2) is 35.8 Å². The van der Waals surface area contributed by atoms with Gasteiger partial charge in [0, 0.05) is 11.3 Å². The maximum Gasteiger partial charge on any atom is 0.248 e. The van der Waals surface area contributed by atoms with E-state index in [9.17, 15) is 9.59 Å². The van der Waals surface area contributed by atoms with Crippen molar-refractivity contribution in [3.05, 3.63) is 29.8 Å². The molecule has 1 aliphatic heterocycles. The van der Waals surface area contributed by atoms with E-state index < -0.39 is 5.91 Å². The molecule has 114 valence electrons. The Hall–Kier alpha value is -1.88. The maximum atomic E-state index is 12.3. The fraction of sp³-hybridized carbons (Fsp3) is 0.500. The van der Waals surface area contributed by atoms with Crippen LogP contribution < -0.4 is 11.1 Å². The summed E-state index contributed by atoms with van der Waals surface area (Å²) in [6.07, 6.45) is 4.81. The molecule has 1 unspecified atom stereocenters. The van der Waals surface area contributed by atoms with Crippen molar-refractivity contribution < 1.29 is 9.59 Å². The highest BCUT2D eigenvalue weighted by molar-refractivity contribution is 5.96. The Labute approximate surface area is 125 Å². The number of carbonyl (C=O) groups excluding carboxylic acids is 2. The molecule has 1 heterocycles. The third-order valence-corrected chi connectivity index (χ3v) is 4.00. The van der Waals surface area contributed by atoms with E-state index in [1.165, 1.54) is 12.8 Å². The first kappa shape index (κ1) is 15.5. The first-order chi connectivity index (χ1) is 10.1. The fourth-order valence-electron chi connectivity index (χ4n) is 2.61. The maximum absolute atomic E-state index is 12.3. The second-order valence-corrected chi connectivity index (χ2v) is 5.56. The highest BCUT2D eigenvalue weighted by Crippen LogP contribution is 2.15. The summed E-state index contributed by atoms with van der Waals surface area (Å²) < 4.78 is 0. The zero-order valence-electron chi connectivity index (χ0n) is 12.5. The lowest BCUT2D eigenvalue weighted by molar-refractivity contribution is -0.120. The standard InChI is InChI=1S/C16H23N3O2/c1-12(19-10-4-2-3-5-11-19)16(21)18-14-8-6-13(7-9-14)15(17)20/h6-9,12H,2-5,10-11H2,1H3,(H2,17,20)(H,18,21). The van der Waals surface area contributed by atoms with Gasteiger partial charge in [0.1, 0.15) is 0 Å². The predicted octanol–water partition coefficient (Wildman–Crippen LogP) is 1.99. The Balaban J connectivity index is 1.94. The lowest BCUT2D eigenvalue weighted by Gasteiger charge is -2.26. The Morgan fingerprint density at radius 1 is 1.10 bits per heavy atom. The molecule has 1 aliphatic rings. The predicted molar refractivity (Wildman–Crippen MR) is 83.1 cm³/mol. The second-order valence-electron chi connectivity index (χ2n) is 5.56. The van der Waals surface area contributed by atoms with Crippen LogP contribution in [0.5, 0.6) is 0 Å². The number of hydrogen-bond donors (Lipinski definition) is 2. The quantitative estimate of drug-likeness (QED) is 0.890. The van der Waals surface area contributed by atoms with Crippen LogP contribution in [0.1, 0.15) is 43.0 Å². The Morgan fingerprint density at radius 3 is 2.19 bits per heavy atom. The van der Waals surface area contributed by atoms with Gasteiger partial charge in [-0.15, -0.1) is 0 Å². The molecule has 1 aromatic rings. The van der Waals surface area contributed by atoms with Gasteiger partial charge in [0.15, 0.2) is 0 Å². The van der Waals surface area contributed by atoms with Crippen LogP contribution in [-0.2, 0) is 4.79 Å². The molecule has 0 aliphatic carbocycles. The fourth-order valence-corrected chi connectivity index (χ4v) is 2.61. The van der Waals surface area contributed by atoms with Gasteiger partial charge in [0.2, 0.25) is 11.8 Å². The van der Waals surface area contributed by atoms with E-state index in [0.717, 1.165) is 25.9 Å². The molecule has 5 nitrogen and oxygen atoms in total. The molecule has 21 heavy (non-hydrogen) atoms. The first-order valence-corrected chi connectivity index (χ1v) is 7.52. The third-order valence-electron chi connectivity index (χ3n) is 4.00. The van der Waals surface area contributed by atoms with Crippen LogP contribution >= 0.6 is 0 Å². The molecule has 1 aromatic carbocycles. The van der Waals surface area contributed by atoms with Crippen molar-refractivity contribution in [2.24, 2.45) is 5.73 Å². The van der Waals surface area contributed by atoms with Crippen LogP contribution in [0.4, 0.5) is 5.69 Å². The molecule has 1 saturated heterocycles. The van der Waals surface area contributed by atoms with Gasteiger partial charge in [-0.05, 0) is 57.1 Å². The summed E-state index contributed by atoms with van der Waals surface area (Å²) in [5.41, 5.74) is 6.32. The van der Waals surface area contributed by atoms with Gasteiger partial charge in [-0.1, -0.05) is 12.8 Å². The number of hydrogen-bond acceptors (Lipinski definition) is 3. The minimum absolute atomic E-state index is 0.0104. The molecule has 2 amide bonds. The van der Waals surface area contributed by atoms with Crippen molar-refractivity contribution in [2.75, 3.05) is 18.4 Å². The van der Waals surface area contributed by atoms with Crippen molar-refractivity contribution in [3.8, 4) is 0 Å². The summed E-state index contributed by atoms with van der Waals surface area (Å²) in [5, 5.41) is 2.89. The largest absolute Gasteiger partial charge is 0.366 e. The smallest absolute Gasteiger partial charge is 0.248 e. The monoisotopic (exact) mass is 289 g/mol. The molecule has 0 radical (unpaired) electrons. The molecule has 0 aromatic heterocycles. The van der Waals surface area contributed by atoms with Crippen LogP contribution in [0.15, 0.2) is 24.3 Å². The molecule has 0 bridgehead atoms. The molecule has 3 N–H and O–H groups in total. The van der Waals surface area contributed by atoms with Gasteiger partial charge < -0.3 is 11.1 Å². The molecule has 0 spiro atoms. The zero-order valence-corrected chi connectivity index (χ0v) is 12.5. The first-order valence-electron chi connectivity index (χ1n) is 7.52. The number of amides is 2. The number of likely N-dealkylation sites (tertiary alicyclic amines) is 1. The lowest BCUT2D eigenvalue weighted by atomic mass is 10.2. The summed E-state index contributed by atoms with van der Waals surface area (Å²) in [5.74, 6) is -0.477. The van der Waals surface area contributed by atoms with E-state index in [1.807, 2.05) is 6.92 Å². The average molecular weight is 289 g/mol. The number of rotatable bonds is 4. The van der Waals surface area contributed by atoms with E-state index in [2.05, 4.69) is 10.2 Å². The van der Waals surface area contributed by atoms with Crippen molar-refractivity contribution >= 4 is 17.5 Å². The molecule has 2 rings (SSSR count). The second kappa shape index (κ2) is 7.22. The summed E-state index contributed by atoms with van der Waals surface area (Å²) in [6.45, 7) is 3.91. The van der Waals surface area contributed by atoms with E-state index in [-0.39, 0.29) is 11.9 Å². The van der Waals surface area contributed by atoms with Gasteiger partial charge in [-0.2, -0.15) is 0 Å². The number of anilines is 1. The van der Waals surface area contributed by atoms with Gasteiger partial charge in [0.05, 0.1) is 6.04 Å².